The minimum atomic E-state index is -0.442. The zero-order chi connectivity index (χ0) is 14.2. The molecule has 0 saturated heterocycles. The normalized spacial score (nSPS) is 23.0. The molecule has 0 amide bonds. The van der Waals surface area contributed by atoms with E-state index in [9.17, 15) is 5.11 Å². The summed E-state index contributed by atoms with van der Waals surface area (Å²) in [5.74, 6) is 0.899. The van der Waals surface area contributed by atoms with Crippen LogP contribution in [0.15, 0.2) is 24.3 Å². The minimum absolute atomic E-state index is 0.113. The zero-order valence-corrected chi connectivity index (χ0v) is 12.5. The largest absolute Gasteiger partial charge is 0.490 e. The van der Waals surface area contributed by atoms with Crippen molar-refractivity contribution in [1.29, 1.82) is 0 Å². The Hall–Kier alpha value is -1.06. The number of benzene rings is 1. The molecule has 20 heavy (non-hydrogen) atoms. The summed E-state index contributed by atoms with van der Waals surface area (Å²) in [7, 11) is 4.16. The second-order valence-electron chi connectivity index (χ2n) is 6.50. The average molecular weight is 275 g/mol. The van der Waals surface area contributed by atoms with Crippen molar-refractivity contribution in [1.82, 2.24) is 4.90 Å². The quantitative estimate of drug-likeness (QED) is 0.896. The molecule has 2 saturated carbocycles. The smallest absolute Gasteiger partial charge is 0.120 e. The fourth-order valence-electron chi connectivity index (χ4n) is 3.40. The fraction of sp³-hybridized carbons (Fsp3) is 0.647. The van der Waals surface area contributed by atoms with Crippen LogP contribution in [0.4, 0.5) is 0 Å². The molecule has 3 heteroatoms. The molecular weight excluding hydrogens is 250 g/mol. The van der Waals surface area contributed by atoms with Crippen molar-refractivity contribution in [2.75, 3.05) is 14.1 Å². The van der Waals surface area contributed by atoms with E-state index >= 15 is 0 Å². The van der Waals surface area contributed by atoms with Crippen LogP contribution >= 0.6 is 0 Å². The first-order valence-corrected chi connectivity index (χ1v) is 7.74. The monoisotopic (exact) mass is 275 g/mol. The van der Waals surface area contributed by atoms with Gasteiger partial charge in [-0.2, -0.15) is 0 Å². The van der Waals surface area contributed by atoms with E-state index in [0.717, 1.165) is 37.0 Å². The SMILES string of the molecule is CN(C)C1(C(O)c2cccc(OC3CC3)c2)CCCC1. The molecule has 110 valence electrons. The summed E-state index contributed by atoms with van der Waals surface area (Å²) in [5.41, 5.74) is 0.872. The van der Waals surface area contributed by atoms with E-state index in [1.165, 1.54) is 12.8 Å². The number of likely N-dealkylation sites (N-methyl/N-ethyl adjacent to an activating group) is 1. The third kappa shape index (κ3) is 2.57. The molecule has 0 aliphatic heterocycles. The lowest BCUT2D eigenvalue weighted by atomic mass is 9.84. The lowest BCUT2D eigenvalue weighted by Crippen LogP contribution is -2.47. The van der Waals surface area contributed by atoms with Gasteiger partial charge in [0.15, 0.2) is 0 Å². The van der Waals surface area contributed by atoms with Gasteiger partial charge in [-0.15, -0.1) is 0 Å². The third-order valence-electron chi connectivity index (χ3n) is 4.87. The Morgan fingerprint density at radius 2 is 1.95 bits per heavy atom. The van der Waals surface area contributed by atoms with Crippen molar-refractivity contribution >= 4 is 0 Å². The maximum atomic E-state index is 10.9. The van der Waals surface area contributed by atoms with E-state index in [-0.39, 0.29) is 5.54 Å². The van der Waals surface area contributed by atoms with Gasteiger partial charge in [-0.05, 0) is 57.5 Å². The molecule has 2 aliphatic rings. The summed E-state index contributed by atoms with van der Waals surface area (Å²) in [4.78, 5) is 2.21. The zero-order valence-electron chi connectivity index (χ0n) is 12.5. The van der Waals surface area contributed by atoms with E-state index in [0.29, 0.717) is 6.10 Å². The topological polar surface area (TPSA) is 32.7 Å². The Balaban J connectivity index is 1.82. The summed E-state index contributed by atoms with van der Waals surface area (Å²) in [5, 5.41) is 10.9. The van der Waals surface area contributed by atoms with E-state index < -0.39 is 6.10 Å². The number of hydrogen-bond donors (Lipinski definition) is 1. The first kappa shape index (κ1) is 13.9. The van der Waals surface area contributed by atoms with Crippen molar-refractivity contribution in [3.63, 3.8) is 0 Å². The Bertz CT molecular complexity index is 462. The summed E-state index contributed by atoms with van der Waals surface area (Å²) in [6, 6.07) is 8.03. The average Bonchev–Trinajstić information content (AvgIpc) is 3.10. The van der Waals surface area contributed by atoms with Crippen molar-refractivity contribution in [3.8, 4) is 5.75 Å². The molecule has 1 atom stereocenters. The van der Waals surface area contributed by atoms with Crippen LogP contribution in [0, 0.1) is 0 Å². The van der Waals surface area contributed by atoms with Gasteiger partial charge in [0.05, 0.1) is 17.7 Å². The van der Waals surface area contributed by atoms with Gasteiger partial charge in [-0.1, -0.05) is 25.0 Å². The van der Waals surface area contributed by atoms with Gasteiger partial charge >= 0.3 is 0 Å². The van der Waals surface area contributed by atoms with Gasteiger partial charge in [0.2, 0.25) is 0 Å². The maximum absolute atomic E-state index is 10.9. The van der Waals surface area contributed by atoms with Gasteiger partial charge in [-0.3, -0.25) is 0 Å². The van der Waals surface area contributed by atoms with Gasteiger partial charge in [0.25, 0.3) is 0 Å². The van der Waals surface area contributed by atoms with Gasteiger partial charge in [0, 0.05) is 0 Å². The highest BCUT2D eigenvalue weighted by Gasteiger charge is 2.43. The highest BCUT2D eigenvalue weighted by Crippen LogP contribution is 2.44. The van der Waals surface area contributed by atoms with Crippen LogP contribution in [-0.2, 0) is 0 Å². The summed E-state index contributed by atoms with van der Waals surface area (Å²) in [6.07, 6.45) is 6.81. The number of rotatable bonds is 5. The Kier molecular flexibility index (Phi) is 3.74. The van der Waals surface area contributed by atoms with E-state index in [2.05, 4.69) is 19.0 Å². The molecule has 2 aliphatic carbocycles. The molecule has 3 rings (SSSR count). The minimum Gasteiger partial charge on any atom is -0.490 e. The molecule has 0 aromatic heterocycles. The van der Waals surface area contributed by atoms with Gasteiger partial charge in [0.1, 0.15) is 5.75 Å². The van der Waals surface area contributed by atoms with Crippen LogP contribution in [0.25, 0.3) is 0 Å². The predicted molar refractivity (Wildman–Crippen MR) is 79.9 cm³/mol. The van der Waals surface area contributed by atoms with Crippen LogP contribution in [0.3, 0.4) is 0 Å². The number of aliphatic hydroxyl groups is 1. The second-order valence-corrected chi connectivity index (χ2v) is 6.50. The molecule has 1 unspecified atom stereocenters. The molecule has 0 radical (unpaired) electrons. The van der Waals surface area contributed by atoms with Crippen molar-refractivity contribution in [2.45, 2.75) is 56.3 Å². The summed E-state index contributed by atoms with van der Waals surface area (Å²) in [6.45, 7) is 0. The van der Waals surface area contributed by atoms with Crippen LogP contribution < -0.4 is 4.74 Å². The summed E-state index contributed by atoms with van der Waals surface area (Å²) >= 11 is 0. The second kappa shape index (κ2) is 5.38. The lowest BCUT2D eigenvalue weighted by Gasteiger charge is -2.40. The predicted octanol–water partition coefficient (Wildman–Crippen LogP) is 3.14. The fourth-order valence-corrected chi connectivity index (χ4v) is 3.40. The van der Waals surface area contributed by atoms with E-state index in [1.807, 2.05) is 24.3 Å². The molecule has 0 spiro atoms. The molecule has 2 fully saturated rings. The van der Waals surface area contributed by atoms with E-state index in [4.69, 9.17) is 4.74 Å². The molecular formula is C17H25NO2. The standard InChI is InChI=1S/C17H25NO2/c1-18(2)17(10-3-4-11-17)16(19)13-6-5-7-15(12-13)20-14-8-9-14/h5-7,12,14,16,19H,3-4,8-11H2,1-2H3. The van der Waals surface area contributed by atoms with Crippen molar-refractivity contribution < 1.29 is 9.84 Å². The first-order valence-electron chi connectivity index (χ1n) is 7.74. The van der Waals surface area contributed by atoms with Gasteiger partial charge in [-0.25, -0.2) is 0 Å². The van der Waals surface area contributed by atoms with Crippen molar-refractivity contribution in [2.24, 2.45) is 0 Å². The Morgan fingerprint density at radius 3 is 2.55 bits per heavy atom. The highest BCUT2D eigenvalue weighted by atomic mass is 16.5. The van der Waals surface area contributed by atoms with Crippen molar-refractivity contribution in [3.05, 3.63) is 29.8 Å². The van der Waals surface area contributed by atoms with Crippen LogP contribution in [0.5, 0.6) is 5.75 Å². The Morgan fingerprint density at radius 1 is 1.25 bits per heavy atom. The lowest BCUT2D eigenvalue weighted by molar-refractivity contribution is -0.00487. The van der Waals surface area contributed by atoms with Crippen LogP contribution in [-0.4, -0.2) is 35.7 Å². The van der Waals surface area contributed by atoms with Crippen LogP contribution in [0.2, 0.25) is 0 Å². The number of nitrogens with zero attached hydrogens (tertiary/aromatic N) is 1. The third-order valence-corrected chi connectivity index (χ3v) is 4.87. The molecule has 1 N–H and O–H groups in total. The van der Waals surface area contributed by atoms with E-state index in [1.54, 1.807) is 0 Å². The summed E-state index contributed by atoms with van der Waals surface area (Å²) < 4.78 is 5.85. The van der Waals surface area contributed by atoms with Crippen LogP contribution in [0.1, 0.15) is 50.2 Å². The molecule has 1 aromatic carbocycles. The first-order chi connectivity index (χ1) is 9.62. The number of ether oxygens (including phenoxy) is 1. The number of aliphatic hydroxyl groups excluding tert-OH is 1. The molecule has 3 nitrogen and oxygen atoms in total. The maximum Gasteiger partial charge on any atom is 0.120 e. The number of hydrogen-bond acceptors (Lipinski definition) is 3. The molecule has 0 bridgehead atoms. The Labute approximate surface area is 121 Å². The molecule has 1 aromatic rings. The highest BCUT2D eigenvalue weighted by molar-refractivity contribution is 5.32. The molecule has 0 heterocycles. The van der Waals surface area contributed by atoms with Gasteiger partial charge < -0.3 is 14.7 Å².